The minimum absolute atomic E-state index is 0.128. The highest BCUT2D eigenvalue weighted by Gasteiger charge is 2.33. The third kappa shape index (κ3) is 8.49. The van der Waals surface area contributed by atoms with Crippen molar-refractivity contribution in [2.45, 2.75) is 18.5 Å². The van der Waals surface area contributed by atoms with Crippen LogP contribution in [0.3, 0.4) is 0 Å². The largest absolute Gasteiger partial charge is 0.468 e. The summed E-state index contributed by atoms with van der Waals surface area (Å²) in [5.74, 6) is -1.48. The summed E-state index contributed by atoms with van der Waals surface area (Å²) in [6.07, 6.45) is -13.6. The molecule has 0 aliphatic heterocycles. The summed E-state index contributed by atoms with van der Waals surface area (Å²) in [7, 11) is 1.10. The van der Waals surface area contributed by atoms with E-state index in [1.807, 2.05) is 5.32 Å². The molecule has 2 rings (SSSR count). The molecule has 0 fully saturated rings. The molecule has 0 atom stereocenters. The average molecular weight is 493 g/mol. The molecule has 2 aromatic heterocycles. The quantitative estimate of drug-likeness (QED) is 0.599. The molecule has 0 radical (unpaired) electrons. The summed E-state index contributed by atoms with van der Waals surface area (Å²) >= 11 is 0. The Morgan fingerprint density at radius 3 is 2.09 bits per heavy atom. The second-order valence-electron chi connectivity index (χ2n) is 6.07. The zero-order valence-corrected chi connectivity index (χ0v) is 16.1. The molecule has 0 aliphatic carbocycles. The van der Waals surface area contributed by atoms with Gasteiger partial charge in [-0.3, -0.25) is 10.2 Å². The van der Waals surface area contributed by atoms with Crippen LogP contribution >= 0.6 is 0 Å². The van der Waals surface area contributed by atoms with Gasteiger partial charge in [0.2, 0.25) is 5.88 Å². The van der Waals surface area contributed by atoms with Crippen molar-refractivity contribution in [3.8, 4) is 11.9 Å². The molecule has 17 heteroatoms. The standard InChI is InChI=1S/C16H12F9N5O3/c1-30(8-2-3-9(26-5-8)16(23,24)25)13(31)28-10-4-11(32-6-14(17,18)19)29-12(27-10)33-7-15(20,21)22/h2-5H,6-7H2,1H3,(H,27,28,29,31). The molecular formula is C16H12F9N5O3. The first-order valence-corrected chi connectivity index (χ1v) is 8.40. The molecule has 1 N–H and O–H groups in total. The molecule has 2 amide bonds. The van der Waals surface area contributed by atoms with Crippen LogP contribution in [-0.2, 0) is 6.18 Å². The lowest BCUT2D eigenvalue weighted by Crippen LogP contribution is -2.32. The first-order chi connectivity index (χ1) is 15.0. The Hall–Kier alpha value is -3.53. The number of hydrogen-bond donors (Lipinski definition) is 1. The normalized spacial score (nSPS) is 12.3. The van der Waals surface area contributed by atoms with Crippen LogP contribution in [0.15, 0.2) is 24.4 Å². The summed E-state index contributed by atoms with van der Waals surface area (Å²) in [4.78, 5) is 22.9. The Balaban J connectivity index is 2.21. The zero-order chi connectivity index (χ0) is 25.0. The average Bonchev–Trinajstić information content (AvgIpc) is 2.68. The second-order valence-corrected chi connectivity index (χ2v) is 6.07. The molecule has 2 heterocycles. The molecule has 2 aromatic rings. The van der Waals surface area contributed by atoms with Crippen LogP contribution in [0.2, 0.25) is 0 Å². The van der Waals surface area contributed by atoms with E-state index in [9.17, 15) is 44.3 Å². The zero-order valence-electron chi connectivity index (χ0n) is 16.1. The fourth-order valence-corrected chi connectivity index (χ4v) is 1.97. The van der Waals surface area contributed by atoms with Gasteiger partial charge in [0.1, 0.15) is 11.5 Å². The molecule has 0 aliphatic rings. The lowest BCUT2D eigenvalue weighted by atomic mass is 10.3. The summed E-state index contributed by atoms with van der Waals surface area (Å²) in [5.41, 5.74) is -1.36. The summed E-state index contributed by atoms with van der Waals surface area (Å²) in [6, 6.07) is 0.0317. The fraction of sp³-hybridized carbons (Fsp3) is 0.375. The predicted octanol–water partition coefficient (Wildman–Crippen LogP) is 4.44. The van der Waals surface area contributed by atoms with Crippen LogP contribution in [0.25, 0.3) is 0 Å². The summed E-state index contributed by atoms with van der Waals surface area (Å²) in [6.45, 7) is -3.74. The van der Waals surface area contributed by atoms with E-state index in [0.29, 0.717) is 12.1 Å². The molecular weight excluding hydrogens is 481 g/mol. The monoisotopic (exact) mass is 493 g/mol. The van der Waals surface area contributed by atoms with E-state index in [1.54, 1.807) is 0 Å². The number of nitrogens with one attached hydrogen (secondary N) is 1. The molecule has 8 nitrogen and oxygen atoms in total. The van der Waals surface area contributed by atoms with Gasteiger partial charge in [-0.1, -0.05) is 0 Å². The highest BCUT2D eigenvalue weighted by atomic mass is 19.4. The molecule has 0 unspecified atom stereocenters. The number of nitrogens with zero attached hydrogens (tertiary/aromatic N) is 4. The van der Waals surface area contributed by atoms with Gasteiger partial charge in [-0.15, -0.1) is 0 Å². The maximum Gasteiger partial charge on any atom is 0.433 e. The molecule has 0 spiro atoms. The van der Waals surface area contributed by atoms with Crippen LogP contribution < -0.4 is 19.7 Å². The van der Waals surface area contributed by atoms with Crippen LogP contribution in [0.4, 0.5) is 55.8 Å². The number of anilines is 2. The second kappa shape index (κ2) is 9.53. The Bertz CT molecular complexity index is 926. The minimum Gasteiger partial charge on any atom is -0.468 e. The van der Waals surface area contributed by atoms with Crippen LogP contribution in [0.1, 0.15) is 5.69 Å². The number of rotatable bonds is 6. The molecule has 0 aromatic carbocycles. The van der Waals surface area contributed by atoms with E-state index in [2.05, 4.69) is 24.4 Å². The predicted molar refractivity (Wildman–Crippen MR) is 91.8 cm³/mol. The number of halogens is 9. The van der Waals surface area contributed by atoms with Gasteiger partial charge in [-0.25, -0.2) is 9.78 Å². The summed E-state index contributed by atoms with van der Waals surface area (Å²) in [5, 5.41) is 2.02. The molecule has 0 bridgehead atoms. The van der Waals surface area contributed by atoms with Crippen molar-refractivity contribution >= 4 is 17.5 Å². The third-order valence-corrected chi connectivity index (χ3v) is 3.40. The first kappa shape index (κ1) is 25.7. The number of carbonyl (C=O) groups excluding carboxylic acids is 1. The number of carbonyl (C=O) groups is 1. The van der Waals surface area contributed by atoms with Gasteiger partial charge < -0.3 is 9.47 Å². The number of aromatic nitrogens is 3. The van der Waals surface area contributed by atoms with Gasteiger partial charge in [0.05, 0.1) is 11.9 Å². The van der Waals surface area contributed by atoms with Gasteiger partial charge >= 0.3 is 30.6 Å². The van der Waals surface area contributed by atoms with Crippen molar-refractivity contribution in [1.82, 2.24) is 15.0 Å². The van der Waals surface area contributed by atoms with E-state index < -0.39 is 61.2 Å². The van der Waals surface area contributed by atoms with Crippen LogP contribution in [0, 0.1) is 0 Å². The maximum absolute atomic E-state index is 12.6. The first-order valence-electron chi connectivity index (χ1n) is 8.40. The smallest absolute Gasteiger partial charge is 0.433 e. The van der Waals surface area contributed by atoms with E-state index >= 15 is 0 Å². The topological polar surface area (TPSA) is 89.5 Å². The van der Waals surface area contributed by atoms with Crippen molar-refractivity contribution in [1.29, 1.82) is 0 Å². The number of pyridine rings is 1. The van der Waals surface area contributed by atoms with Gasteiger partial charge in [-0.05, 0) is 12.1 Å². The number of urea groups is 1. The van der Waals surface area contributed by atoms with E-state index in [4.69, 9.17) is 0 Å². The Kier molecular flexibility index (Phi) is 7.43. The van der Waals surface area contributed by atoms with Crippen molar-refractivity contribution in [3.63, 3.8) is 0 Å². The van der Waals surface area contributed by atoms with E-state index in [0.717, 1.165) is 24.2 Å². The van der Waals surface area contributed by atoms with Crippen LogP contribution in [0.5, 0.6) is 11.9 Å². The van der Waals surface area contributed by atoms with Crippen molar-refractivity contribution in [2.24, 2.45) is 0 Å². The highest BCUT2D eigenvalue weighted by Crippen LogP contribution is 2.28. The molecule has 33 heavy (non-hydrogen) atoms. The number of amides is 2. The Morgan fingerprint density at radius 2 is 1.58 bits per heavy atom. The number of ether oxygens (including phenoxy) is 2. The van der Waals surface area contributed by atoms with Crippen molar-refractivity contribution in [2.75, 3.05) is 30.5 Å². The molecule has 182 valence electrons. The summed E-state index contributed by atoms with van der Waals surface area (Å²) < 4.78 is 120. The van der Waals surface area contributed by atoms with E-state index in [-0.39, 0.29) is 5.69 Å². The van der Waals surface area contributed by atoms with Crippen LogP contribution in [-0.4, -0.2) is 53.6 Å². The van der Waals surface area contributed by atoms with Crippen molar-refractivity contribution in [3.05, 3.63) is 30.1 Å². The Morgan fingerprint density at radius 1 is 0.970 bits per heavy atom. The fourth-order valence-electron chi connectivity index (χ4n) is 1.97. The highest BCUT2D eigenvalue weighted by molar-refractivity contribution is 6.00. The maximum atomic E-state index is 12.6. The van der Waals surface area contributed by atoms with E-state index in [1.165, 1.54) is 0 Å². The lowest BCUT2D eigenvalue weighted by Gasteiger charge is -2.18. The SMILES string of the molecule is CN(C(=O)Nc1cc(OCC(F)(F)F)nc(OCC(F)(F)F)n1)c1ccc(C(F)(F)F)nc1. The molecule has 0 saturated heterocycles. The third-order valence-electron chi connectivity index (χ3n) is 3.40. The number of hydrogen-bond acceptors (Lipinski definition) is 6. The van der Waals surface area contributed by atoms with Gasteiger partial charge in [0, 0.05) is 13.1 Å². The van der Waals surface area contributed by atoms with Gasteiger partial charge in [-0.2, -0.15) is 49.5 Å². The number of alkyl halides is 9. The van der Waals surface area contributed by atoms with Crippen molar-refractivity contribution < 1.29 is 53.8 Å². The van der Waals surface area contributed by atoms with Gasteiger partial charge in [0.25, 0.3) is 0 Å². The lowest BCUT2D eigenvalue weighted by molar-refractivity contribution is -0.155. The Labute approximate surface area is 178 Å². The minimum atomic E-state index is -4.83. The van der Waals surface area contributed by atoms with Gasteiger partial charge in [0.15, 0.2) is 13.2 Å². The molecule has 0 saturated carbocycles.